The molecule has 0 amide bonds. The molecule has 0 aliphatic rings. The summed E-state index contributed by atoms with van der Waals surface area (Å²) < 4.78 is 0. The number of hydrogen-bond donors (Lipinski definition) is 4. The quantitative estimate of drug-likeness (QED) is 0.404. The van der Waals surface area contributed by atoms with Crippen molar-refractivity contribution < 1.29 is 35.5 Å². The molecule has 2 aromatic rings. The second kappa shape index (κ2) is 13.4. The van der Waals surface area contributed by atoms with Crippen LogP contribution in [0.2, 0.25) is 0 Å². The fourth-order valence-corrected chi connectivity index (χ4v) is 2.86. The van der Waals surface area contributed by atoms with Crippen LogP contribution >= 0.6 is 12.4 Å². The van der Waals surface area contributed by atoms with Gasteiger partial charge in [0.1, 0.15) is 11.5 Å². The third kappa shape index (κ3) is 9.10. The number of hydrogen-bond acceptors (Lipinski definition) is 6. The van der Waals surface area contributed by atoms with Crippen molar-refractivity contribution in [3.8, 4) is 11.5 Å². The maximum atomic E-state index is 11.2. The monoisotopic (exact) mass is 442 g/mol. The van der Waals surface area contributed by atoms with Gasteiger partial charge in [-0.25, -0.2) is 0 Å². The summed E-state index contributed by atoms with van der Waals surface area (Å²) >= 11 is 0. The molecular formula is C20H27ClN2O7. The van der Waals surface area contributed by atoms with E-state index >= 15 is 0 Å². The Hall–Kier alpha value is -2.85. The highest BCUT2D eigenvalue weighted by Gasteiger charge is 2.17. The van der Waals surface area contributed by atoms with Crippen LogP contribution in [0.1, 0.15) is 11.1 Å². The average Bonchev–Trinajstić information content (AvgIpc) is 2.62. The van der Waals surface area contributed by atoms with Crippen molar-refractivity contribution >= 4 is 24.3 Å². The van der Waals surface area contributed by atoms with Crippen LogP contribution in [-0.4, -0.2) is 73.8 Å². The average molecular weight is 443 g/mol. The van der Waals surface area contributed by atoms with Gasteiger partial charge in [0.15, 0.2) is 0 Å². The number of nitrogens with zero attached hydrogens (tertiary/aromatic N) is 2. The SMILES string of the molecule is Cl.O.O=C(O)CN(CCN(CC(=O)O)Cc1ccccc1O)Cc1ccccc1O. The first kappa shape index (κ1) is 27.2. The number of phenols is 2. The van der Waals surface area contributed by atoms with Gasteiger partial charge in [0.25, 0.3) is 0 Å². The Morgan fingerprint density at radius 2 is 1.03 bits per heavy atom. The van der Waals surface area contributed by atoms with Crippen LogP contribution < -0.4 is 0 Å². The van der Waals surface area contributed by atoms with Crippen LogP contribution in [0.4, 0.5) is 0 Å². The van der Waals surface area contributed by atoms with E-state index in [0.717, 1.165) is 0 Å². The minimum Gasteiger partial charge on any atom is -0.508 e. The largest absolute Gasteiger partial charge is 0.508 e. The van der Waals surface area contributed by atoms with E-state index in [4.69, 9.17) is 10.2 Å². The third-order valence-corrected chi connectivity index (χ3v) is 4.22. The van der Waals surface area contributed by atoms with Crippen LogP contribution in [-0.2, 0) is 22.7 Å². The maximum Gasteiger partial charge on any atom is 0.317 e. The van der Waals surface area contributed by atoms with E-state index in [1.165, 1.54) is 12.1 Å². The summed E-state index contributed by atoms with van der Waals surface area (Å²) in [5.74, 6) is -1.87. The molecule has 0 aliphatic heterocycles. The Morgan fingerprint density at radius 1 is 0.700 bits per heavy atom. The summed E-state index contributed by atoms with van der Waals surface area (Å²) in [7, 11) is 0. The van der Waals surface area contributed by atoms with Gasteiger partial charge in [0, 0.05) is 37.3 Å². The molecule has 0 fully saturated rings. The minimum atomic E-state index is -1.01. The van der Waals surface area contributed by atoms with Gasteiger partial charge in [0.2, 0.25) is 0 Å². The second-order valence-corrected chi connectivity index (χ2v) is 6.47. The number of aliphatic carboxylic acids is 2. The lowest BCUT2D eigenvalue weighted by Gasteiger charge is -2.26. The van der Waals surface area contributed by atoms with E-state index in [-0.39, 0.29) is 68.7 Å². The van der Waals surface area contributed by atoms with Crippen LogP contribution in [0.3, 0.4) is 0 Å². The molecule has 0 spiro atoms. The number of carboxylic acids is 2. The van der Waals surface area contributed by atoms with Gasteiger partial charge in [-0.15, -0.1) is 12.4 Å². The van der Waals surface area contributed by atoms with E-state index in [9.17, 15) is 19.8 Å². The predicted octanol–water partition coefficient (Wildman–Crippen LogP) is 1.17. The van der Waals surface area contributed by atoms with Crippen molar-refractivity contribution in [1.29, 1.82) is 0 Å². The van der Waals surface area contributed by atoms with Crippen LogP contribution in [0, 0.1) is 0 Å². The number of halogens is 1. The Balaban J connectivity index is 0.00000420. The third-order valence-electron chi connectivity index (χ3n) is 4.22. The van der Waals surface area contributed by atoms with Crippen molar-refractivity contribution in [2.75, 3.05) is 26.2 Å². The van der Waals surface area contributed by atoms with E-state index < -0.39 is 11.9 Å². The van der Waals surface area contributed by atoms with Crippen molar-refractivity contribution in [2.45, 2.75) is 13.1 Å². The smallest absolute Gasteiger partial charge is 0.317 e. The summed E-state index contributed by atoms with van der Waals surface area (Å²) in [6.45, 7) is 0.508. The van der Waals surface area contributed by atoms with Crippen molar-refractivity contribution in [1.82, 2.24) is 9.80 Å². The molecule has 2 rings (SSSR count). The molecule has 9 nitrogen and oxygen atoms in total. The highest BCUT2D eigenvalue weighted by Crippen LogP contribution is 2.19. The number of benzene rings is 2. The van der Waals surface area contributed by atoms with Crippen LogP contribution in [0.25, 0.3) is 0 Å². The zero-order valence-electron chi connectivity index (χ0n) is 16.3. The summed E-state index contributed by atoms with van der Waals surface area (Å²) in [5, 5.41) is 38.2. The summed E-state index contributed by atoms with van der Waals surface area (Å²) in [5.41, 5.74) is 1.18. The van der Waals surface area contributed by atoms with E-state index in [1.807, 2.05) is 0 Å². The summed E-state index contributed by atoms with van der Waals surface area (Å²) in [4.78, 5) is 25.6. The Morgan fingerprint density at radius 3 is 1.33 bits per heavy atom. The van der Waals surface area contributed by atoms with E-state index in [2.05, 4.69) is 0 Å². The number of carboxylic acid groups (broad SMARTS) is 2. The van der Waals surface area contributed by atoms with E-state index in [0.29, 0.717) is 11.1 Å². The first-order valence-electron chi connectivity index (χ1n) is 8.77. The van der Waals surface area contributed by atoms with Crippen molar-refractivity contribution in [2.24, 2.45) is 0 Å². The molecule has 0 heterocycles. The van der Waals surface area contributed by atoms with Crippen molar-refractivity contribution in [3.05, 3.63) is 59.7 Å². The van der Waals surface area contributed by atoms with Gasteiger partial charge in [-0.1, -0.05) is 36.4 Å². The molecule has 0 saturated carbocycles. The molecule has 0 aliphatic carbocycles. The summed E-state index contributed by atoms with van der Waals surface area (Å²) in [6.07, 6.45) is 0. The number of aromatic hydroxyl groups is 2. The standard InChI is InChI=1S/C20H24N2O6.ClH.H2O/c23-17-7-3-1-5-15(17)11-21(13-19(25)26)9-10-22(14-20(27)28)12-16-6-2-4-8-18(16)24;;/h1-8,23-24H,9-14H2,(H,25,26)(H,27,28);1H;1H2. The minimum absolute atomic E-state index is 0. The molecule has 2 aromatic carbocycles. The van der Waals surface area contributed by atoms with Gasteiger partial charge in [-0.05, 0) is 12.1 Å². The topological polar surface area (TPSA) is 153 Å². The number of rotatable bonds is 11. The highest BCUT2D eigenvalue weighted by atomic mass is 35.5. The lowest BCUT2D eigenvalue weighted by atomic mass is 10.1. The Bertz CT molecular complexity index is 752. The molecule has 10 heteroatoms. The fourth-order valence-electron chi connectivity index (χ4n) is 2.86. The molecule has 0 bridgehead atoms. The molecule has 6 N–H and O–H groups in total. The van der Waals surface area contributed by atoms with Crippen LogP contribution in [0.15, 0.2) is 48.5 Å². The highest BCUT2D eigenvalue weighted by molar-refractivity contribution is 5.85. The first-order valence-corrected chi connectivity index (χ1v) is 8.77. The molecule has 30 heavy (non-hydrogen) atoms. The molecule has 0 atom stereocenters. The van der Waals surface area contributed by atoms with Gasteiger partial charge < -0.3 is 25.9 Å². The number of para-hydroxylation sites is 2. The Labute approximate surface area is 180 Å². The lowest BCUT2D eigenvalue weighted by Crippen LogP contribution is -2.39. The molecule has 0 radical (unpaired) electrons. The van der Waals surface area contributed by atoms with E-state index in [1.54, 1.807) is 46.2 Å². The molecular weight excluding hydrogens is 416 g/mol. The van der Waals surface area contributed by atoms with Crippen LogP contribution in [0.5, 0.6) is 11.5 Å². The maximum absolute atomic E-state index is 11.2. The normalized spacial score (nSPS) is 10.3. The molecule has 0 aromatic heterocycles. The molecule has 0 unspecified atom stereocenters. The predicted molar refractivity (Wildman–Crippen MR) is 113 cm³/mol. The van der Waals surface area contributed by atoms with Gasteiger partial charge in [-0.2, -0.15) is 0 Å². The van der Waals surface area contributed by atoms with Gasteiger partial charge >= 0.3 is 11.9 Å². The first-order chi connectivity index (χ1) is 13.3. The van der Waals surface area contributed by atoms with Gasteiger partial charge in [0.05, 0.1) is 13.1 Å². The van der Waals surface area contributed by atoms with Gasteiger partial charge in [-0.3, -0.25) is 19.4 Å². The summed E-state index contributed by atoms with van der Waals surface area (Å²) in [6, 6.07) is 13.4. The second-order valence-electron chi connectivity index (χ2n) is 6.47. The Kier molecular flexibility index (Phi) is 12.1. The number of carbonyl (C=O) groups is 2. The molecule has 0 saturated heterocycles. The molecule has 166 valence electrons. The fraction of sp³-hybridized carbons (Fsp3) is 0.300. The van der Waals surface area contributed by atoms with Crippen molar-refractivity contribution in [3.63, 3.8) is 0 Å². The zero-order valence-corrected chi connectivity index (χ0v) is 17.1. The number of phenolic OH excluding ortho intramolecular Hbond substituents is 2. The lowest BCUT2D eigenvalue weighted by molar-refractivity contribution is -0.140. The zero-order chi connectivity index (χ0) is 20.5.